The Hall–Kier alpha value is -1.46. The summed E-state index contributed by atoms with van der Waals surface area (Å²) in [6.45, 7) is 0. The Morgan fingerprint density at radius 3 is 2.18 bits per heavy atom. The molecule has 7 heteroatoms. The molecule has 0 fully saturated rings. The molecular formula is C10H4Cl2F2N2O. The number of benzene rings is 1. The minimum absolute atomic E-state index is 0.0275. The summed E-state index contributed by atoms with van der Waals surface area (Å²) >= 11 is 11.0. The van der Waals surface area contributed by atoms with Crippen molar-refractivity contribution in [2.75, 3.05) is 0 Å². The van der Waals surface area contributed by atoms with E-state index in [9.17, 15) is 8.78 Å². The van der Waals surface area contributed by atoms with Gasteiger partial charge in [0.1, 0.15) is 0 Å². The maximum absolute atomic E-state index is 13.1. The molecule has 1 heterocycles. The molecule has 0 bridgehead atoms. The van der Waals surface area contributed by atoms with Crippen LogP contribution in [-0.2, 0) is 0 Å². The lowest BCUT2D eigenvalue weighted by atomic mass is 10.2. The van der Waals surface area contributed by atoms with Gasteiger partial charge in [0.25, 0.3) is 0 Å². The second-order valence-corrected chi connectivity index (χ2v) is 3.83. The Balaban J connectivity index is 2.57. The zero-order chi connectivity index (χ0) is 12.6. The number of phenols is 1. The molecular weight excluding hydrogens is 273 g/mol. The highest BCUT2D eigenvalue weighted by Crippen LogP contribution is 2.26. The molecule has 0 aliphatic rings. The Morgan fingerprint density at radius 1 is 1.06 bits per heavy atom. The predicted octanol–water partition coefficient (Wildman–Crippen LogP) is 3.43. The van der Waals surface area contributed by atoms with E-state index < -0.39 is 27.7 Å². The van der Waals surface area contributed by atoms with Crippen LogP contribution in [0.2, 0.25) is 10.3 Å². The summed E-state index contributed by atoms with van der Waals surface area (Å²) in [5, 5.41) is 8.12. The van der Waals surface area contributed by atoms with Gasteiger partial charge < -0.3 is 5.11 Å². The van der Waals surface area contributed by atoms with E-state index in [0.29, 0.717) is 0 Å². The second-order valence-electron chi connectivity index (χ2n) is 3.11. The molecule has 2 rings (SSSR count). The van der Waals surface area contributed by atoms with Crippen molar-refractivity contribution in [1.82, 2.24) is 9.97 Å². The zero-order valence-corrected chi connectivity index (χ0v) is 9.60. The van der Waals surface area contributed by atoms with Crippen LogP contribution in [0.25, 0.3) is 11.4 Å². The molecule has 1 aromatic carbocycles. The molecule has 17 heavy (non-hydrogen) atoms. The van der Waals surface area contributed by atoms with Gasteiger partial charge in [-0.05, 0) is 18.2 Å². The van der Waals surface area contributed by atoms with Gasteiger partial charge >= 0.3 is 0 Å². The number of hydrogen-bond acceptors (Lipinski definition) is 3. The van der Waals surface area contributed by atoms with E-state index in [1.54, 1.807) is 0 Å². The quantitative estimate of drug-likeness (QED) is 0.812. The van der Waals surface area contributed by atoms with Crippen molar-refractivity contribution < 1.29 is 13.9 Å². The number of halogens is 4. The summed E-state index contributed by atoms with van der Waals surface area (Å²) in [4.78, 5) is 7.24. The van der Waals surface area contributed by atoms with Gasteiger partial charge in [-0.25, -0.2) is 18.7 Å². The van der Waals surface area contributed by atoms with Gasteiger partial charge in [0.05, 0.1) is 0 Å². The smallest absolute Gasteiger partial charge is 0.197 e. The summed E-state index contributed by atoms with van der Waals surface area (Å²) < 4.78 is 26.2. The lowest BCUT2D eigenvalue weighted by Crippen LogP contribution is -1.95. The van der Waals surface area contributed by atoms with Crippen molar-refractivity contribution in [2.45, 2.75) is 0 Å². The highest BCUT2D eigenvalue weighted by molar-refractivity contribution is 6.33. The van der Waals surface area contributed by atoms with Crippen LogP contribution < -0.4 is 0 Å². The van der Waals surface area contributed by atoms with Crippen molar-refractivity contribution >= 4 is 23.2 Å². The van der Waals surface area contributed by atoms with Gasteiger partial charge in [0.2, 0.25) is 0 Å². The van der Waals surface area contributed by atoms with Gasteiger partial charge in [0, 0.05) is 5.56 Å². The van der Waals surface area contributed by atoms with Crippen LogP contribution in [0.1, 0.15) is 0 Å². The SMILES string of the molecule is Oc1ccc(-c2nc(Cl)c(F)c(Cl)n2)cc1F. The molecule has 1 aromatic heterocycles. The molecule has 0 aliphatic heterocycles. The Labute approximate surface area is 105 Å². The summed E-state index contributed by atoms with van der Waals surface area (Å²) in [6, 6.07) is 3.48. The highest BCUT2D eigenvalue weighted by atomic mass is 35.5. The zero-order valence-electron chi connectivity index (χ0n) is 8.09. The van der Waals surface area contributed by atoms with Crippen LogP contribution in [0.15, 0.2) is 18.2 Å². The molecule has 0 saturated carbocycles. The monoisotopic (exact) mass is 276 g/mol. The highest BCUT2D eigenvalue weighted by Gasteiger charge is 2.13. The summed E-state index contributed by atoms with van der Waals surface area (Å²) in [6.07, 6.45) is 0. The third-order valence-electron chi connectivity index (χ3n) is 1.98. The number of phenolic OH excluding ortho intramolecular Hbond substituents is 1. The van der Waals surface area contributed by atoms with Crippen molar-refractivity contribution in [3.8, 4) is 17.1 Å². The first-order chi connectivity index (χ1) is 7.99. The minimum Gasteiger partial charge on any atom is -0.505 e. The Bertz CT molecular complexity index is 570. The van der Waals surface area contributed by atoms with Crippen molar-refractivity contribution in [2.24, 2.45) is 0 Å². The fourth-order valence-electron chi connectivity index (χ4n) is 1.17. The van der Waals surface area contributed by atoms with Gasteiger partial charge in [-0.15, -0.1) is 0 Å². The molecule has 2 aromatic rings. The molecule has 0 radical (unpaired) electrons. The van der Waals surface area contributed by atoms with Crippen LogP contribution in [0.5, 0.6) is 5.75 Å². The molecule has 0 amide bonds. The van der Waals surface area contributed by atoms with E-state index in [2.05, 4.69) is 9.97 Å². The maximum atomic E-state index is 13.1. The van der Waals surface area contributed by atoms with E-state index in [-0.39, 0.29) is 11.4 Å². The van der Waals surface area contributed by atoms with Crippen molar-refractivity contribution in [3.63, 3.8) is 0 Å². The number of rotatable bonds is 1. The number of hydrogen-bond donors (Lipinski definition) is 1. The van der Waals surface area contributed by atoms with Gasteiger partial charge in [-0.2, -0.15) is 0 Å². The summed E-state index contributed by atoms with van der Waals surface area (Å²) in [5.41, 5.74) is 0.226. The van der Waals surface area contributed by atoms with Crippen LogP contribution in [0, 0.1) is 11.6 Å². The molecule has 0 spiro atoms. The average Bonchev–Trinajstić information content (AvgIpc) is 2.29. The summed E-state index contributed by atoms with van der Waals surface area (Å²) in [5.74, 6) is -2.31. The first kappa shape index (κ1) is 12.0. The van der Waals surface area contributed by atoms with Crippen LogP contribution in [0.3, 0.4) is 0 Å². The van der Waals surface area contributed by atoms with Crippen LogP contribution in [-0.4, -0.2) is 15.1 Å². The number of aromatic nitrogens is 2. The normalized spacial score (nSPS) is 10.6. The van der Waals surface area contributed by atoms with Gasteiger partial charge in [0.15, 0.2) is 33.5 Å². The standard InChI is InChI=1S/C10H4Cl2F2N2O/c11-8-7(14)9(12)16-10(15-8)4-1-2-6(17)5(13)3-4/h1-3,17H. The van der Waals surface area contributed by atoms with Gasteiger partial charge in [-0.3, -0.25) is 0 Å². The fourth-order valence-corrected chi connectivity index (χ4v) is 1.56. The molecule has 0 aliphatic carbocycles. The van der Waals surface area contributed by atoms with E-state index in [4.69, 9.17) is 28.3 Å². The Kier molecular flexibility index (Phi) is 3.13. The predicted molar refractivity (Wildman–Crippen MR) is 59.1 cm³/mol. The number of aromatic hydroxyl groups is 1. The lowest BCUT2D eigenvalue weighted by molar-refractivity contribution is 0.432. The fraction of sp³-hybridized carbons (Fsp3) is 0. The molecule has 3 nitrogen and oxygen atoms in total. The molecule has 88 valence electrons. The van der Waals surface area contributed by atoms with Crippen molar-refractivity contribution in [3.05, 3.63) is 40.1 Å². The van der Waals surface area contributed by atoms with Crippen LogP contribution >= 0.6 is 23.2 Å². The van der Waals surface area contributed by atoms with E-state index in [1.165, 1.54) is 6.07 Å². The van der Waals surface area contributed by atoms with E-state index >= 15 is 0 Å². The maximum Gasteiger partial charge on any atom is 0.197 e. The number of nitrogens with zero attached hydrogens (tertiary/aromatic N) is 2. The average molecular weight is 277 g/mol. The molecule has 0 atom stereocenters. The molecule has 1 N–H and O–H groups in total. The molecule has 0 unspecified atom stereocenters. The first-order valence-electron chi connectivity index (χ1n) is 4.36. The van der Waals surface area contributed by atoms with Crippen molar-refractivity contribution in [1.29, 1.82) is 0 Å². The third kappa shape index (κ3) is 2.30. The molecule has 0 saturated heterocycles. The Morgan fingerprint density at radius 2 is 1.65 bits per heavy atom. The van der Waals surface area contributed by atoms with Crippen LogP contribution in [0.4, 0.5) is 8.78 Å². The third-order valence-corrected chi connectivity index (χ3v) is 2.48. The first-order valence-corrected chi connectivity index (χ1v) is 5.12. The minimum atomic E-state index is -0.934. The topological polar surface area (TPSA) is 46.0 Å². The second kappa shape index (κ2) is 4.43. The lowest BCUT2D eigenvalue weighted by Gasteiger charge is -2.03. The summed E-state index contributed by atoms with van der Waals surface area (Å²) in [7, 11) is 0. The van der Waals surface area contributed by atoms with Gasteiger partial charge in [-0.1, -0.05) is 23.2 Å². The van der Waals surface area contributed by atoms with E-state index in [0.717, 1.165) is 12.1 Å². The van der Waals surface area contributed by atoms with E-state index in [1.807, 2.05) is 0 Å². The largest absolute Gasteiger partial charge is 0.505 e.